The molecule has 0 aliphatic carbocycles. The molecule has 1 heterocycles. The molecule has 3 heteroatoms. The third kappa shape index (κ3) is 9.42. The lowest BCUT2D eigenvalue weighted by Gasteiger charge is -2.35. The minimum atomic E-state index is 0.604. The van der Waals surface area contributed by atoms with Gasteiger partial charge in [0.25, 0.3) is 0 Å². The van der Waals surface area contributed by atoms with Crippen molar-refractivity contribution in [2.24, 2.45) is 5.92 Å². The summed E-state index contributed by atoms with van der Waals surface area (Å²) in [5.41, 5.74) is 0. The highest BCUT2D eigenvalue weighted by atomic mass is 16.5. The number of nitrogens with zero attached hydrogens (tertiary/aromatic N) is 1. The molecule has 0 amide bonds. The van der Waals surface area contributed by atoms with Gasteiger partial charge in [0.1, 0.15) is 0 Å². The van der Waals surface area contributed by atoms with Crippen molar-refractivity contribution in [2.45, 2.75) is 59.4 Å². The monoisotopic (exact) mass is 273 g/mol. The van der Waals surface area contributed by atoms with Crippen molar-refractivity contribution in [3.05, 3.63) is 0 Å². The van der Waals surface area contributed by atoms with Crippen molar-refractivity contribution < 1.29 is 9.47 Å². The van der Waals surface area contributed by atoms with Crippen LogP contribution >= 0.6 is 0 Å². The van der Waals surface area contributed by atoms with E-state index >= 15 is 0 Å². The number of piperidine rings is 1. The Bertz CT molecular complexity index is 178. The molecule has 1 rings (SSSR count). The van der Waals surface area contributed by atoms with E-state index in [1.165, 1.54) is 38.8 Å². The van der Waals surface area contributed by atoms with Gasteiger partial charge in [-0.1, -0.05) is 19.8 Å². The molecule has 0 saturated carbocycles. The normalized spacial score (nSPS) is 18.8. The molecule has 1 aliphatic heterocycles. The summed E-state index contributed by atoms with van der Waals surface area (Å²) in [7, 11) is 1.68. The molecule has 0 bridgehead atoms. The Balaban J connectivity index is 0.000000711. The van der Waals surface area contributed by atoms with Crippen LogP contribution in [0.5, 0.6) is 0 Å². The first-order valence-corrected chi connectivity index (χ1v) is 8.00. The van der Waals surface area contributed by atoms with Crippen LogP contribution in [0.3, 0.4) is 0 Å². The Morgan fingerprint density at radius 3 is 2.11 bits per heavy atom. The number of ether oxygens (including phenoxy) is 2. The summed E-state index contributed by atoms with van der Waals surface area (Å²) >= 11 is 0. The molecule has 0 aromatic rings. The van der Waals surface area contributed by atoms with Crippen molar-refractivity contribution >= 4 is 0 Å². The van der Waals surface area contributed by atoms with Crippen molar-refractivity contribution in [2.75, 3.05) is 40.0 Å². The Morgan fingerprint density at radius 1 is 1.11 bits per heavy atom. The molecule has 0 spiro atoms. The molecule has 0 aromatic heterocycles. The van der Waals surface area contributed by atoms with E-state index in [0.717, 1.165) is 25.7 Å². The average molecular weight is 273 g/mol. The topological polar surface area (TPSA) is 21.7 Å². The first-order valence-electron chi connectivity index (χ1n) is 8.00. The summed E-state index contributed by atoms with van der Waals surface area (Å²) in [6, 6.07) is 0.604. The highest BCUT2D eigenvalue weighted by Crippen LogP contribution is 2.22. The zero-order chi connectivity index (χ0) is 14.5. The van der Waals surface area contributed by atoms with Crippen LogP contribution in [0.2, 0.25) is 0 Å². The zero-order valence-electron chi connectivity index (χ0n) is 13.8. The molecular weight excluding hydrogens is 238 g/mol. The third-order valence-electron chi connectivity index (χ3n) is 3.82. The van der Waals surface area contributed by atoms with Crippen LogP contribution < -0.4 is 0 Å². The van der Waals surface area contributed by atoms with Crippen molar-refractivity contribution in [3.63, 3.8) is 0 Å². The molecule has 1 fully saturated rings. The van der Waals surface area contributed by atoms with Crippen LogP contribution in [-0.4, -0.2) is 51.0 Å². The van der Waals surface area contributed by atoms with Gasteiger partial charge in [-0.05, 0) is 52.6 Å². The molecule has 116 valence electrons. The number of methoxy groups -OCH3 is 1. The second-order valence-electron chi connectivity index (χ2n) is 5.35. The standard InChI is InChI=1S/C13H27NO.C3H8O/c1-4-6-13-7-9-14(10-8-13)12(3)11-15-5-2;1-3-4-2/h12-13H,4-11H2,1-3H3;3H2,1-2H3. The highest BCUT2D eigenvalue weighted by molar-refractivity contribution is 4.75. The van der Waals surface area contributed by atoms with Crippen LogP contribution in [-0.2, 0) is 9.47 Å². The van der Waals surface area contributed by atoms with Gasteiger partial charge in [0.2, 0.25) is 0 Å². The molecule has 1 saturated heterocycles. The van der Waals surface area contributed by atoms with Crippen molar-refractivity contribution in [3.8, 4) is 0 Å². The van der Waals surface area contributed by atoms with E-state index in [1.54, 1.807) is 7.11 Å². The third-order valence-corrected chi connectivity index (χ3v) is 3.82. The molecule has 1 atom stereocenters. The SMILES string of the molecule is CCCC1CCN(C(C)COCC)CC1.CCOC. The predicted octanol–water partition coefficient (Wildman–Crippen LogP) is 3.58. The lowest BCUT2D eigenvalue weighted by atomic mass is 9.92. The molecule has 1 aliphatic rings. The molecule has 1 unspecified atom stereocenters. The number of hydrogen-bond acceptors (Lipinski definition) is 3. The van der Waals surface area contributed by atoms with Gasteiger partial charge < -0.3 is 9.47 Å². The van der Waals surface area contributed by atoms with E-state index in [2.05, 4.69) is 30.4 Å². The van der Waals surface area contributed by atoms with Crippen molar-refractivity contribution in [1.29, 1.82) is 0 Å². The lowest BCUT2D eigenvalue weighted by Crippen LogP contribution is -2.42. The van der Waals surface area contributed by atoms with Gasteiger partial charge in [0.15, 0.2) is 0 Å². The fourth-order valence-electron chi connectivity index (χ4n) is 2.48. The Hall–Kier alpha value is -0.120. The van der Waals surface area contributed by atoms with E-state index in [4.69, 9.17) is 4.74 Å². The van der Waals surface area contributed by atoms with E-state index in [1.807, 2.05) is 6.92 Å². The minimum absolute atomic E-state index is 0.604. The van der Waals surface area contributed by atoms with Gasteiger partial charge in [0.05, 0.1) is 6.61 Å². The van der Waals surface area contributed by atoms with Crippen LogP contribution in [0.1, 0.15) is 53.4 Å². The summed E-state index contributed by atoms with van der Waals surface area (Å²) < 4.78 is 10.0. The lowest BCUT2D eigenvalue weighted by molar-refractivity contribution is 0.0538. The number of hydrogen-bond donors (Lipinski definition) is 0. The maximum atomic E-state index is 5.48. The molecule has 0 N–H and O–H groups in total. The van der Waals surface area contributed by atoms with Gasteiger partial charge in [0, 0.05) is 26.4 Å². The largest absolute Gasteiger partial charge is 0.385 e. The average Bonchev–Trinajstić information content (AvgIpc) is 2.46. The highest BCUT2D eigenvalue weighted by Gasteiger charge is 2.21. The Labute approximate surface area is 120 Å². The Kier molecular flexibility index (Phi) is 12.8. The van der Waals surface area contributed by atoms with E-state index in [0.29, 0.717) is 6.04 Å². The second-order valence-corrected chi connectivity index (χ2v) is 5.35. The Morgan fingerprint density at radius 2 is 1.68 bits per heavy atom. The molecule has 0 radical (unpaired) electrons. The number of rotatable bonds is 7. The minimum Gasteiger partial charge on any atom is -0.385 e. The molecular formula is C16H35NO2. The predicted molar refractivity (Wildman–Crippen MR) is 82.7 cm³/mol. The first-order chi connectivity index (χ1) is 9.19. The number of likely N-dealkylation sites (tertiary alicyclic amines) is 1. The van der Waals surface area contributed by atoms with Gasteiger partial charge in [-0.25, -0.2) is 0 Å². The van der Waals surface area contributed by atoms with Crippen molar-refractivity contribution in [1.82, 2.24) is 4.90 Å². The van der Waals surface area contributed by atoms with Crippen LogP contribution in [0, 0.1) is 5.92 Å². The zero-order valence-corrected chi connectivity index (χ0v) is 13.8. The summed E-state index contributed by atoms with van der Waals surface area (Å²) in [6.07, 6.45) is 5.56. The fraction of sp³-hybridized carbons (Fsp3) is 1.00. The summed E-state index contributed by atoms with van der Waals surface area (Å²) in [5.74, 6) is 0.991. The summed E-state index contributed by atoms with van der Waals surface area (Å²) in [4.78, 5) is 2.59. The van der Waals surface area contributed by atoms with Gasteiger partial charge in [-0.2, -0.15) is 0 Å². The van der Waals surface area contributed by atoms with Crippen LogP contribution in [0.4, 0.5) is 0 Å². The van der Waals surface area contributed by atoms with E-state index in [9.17, 15) is 0 Å². The van der Waals surface area contributed by atoms with E-state index < -0.39 is 0 Å². The maximum Gasteiger partial charge on any atom is 0.0618 e. The maximum absolute atomic E-state index is 5.48. The van der Waals surface area contributed by atoms with E-state index in [-0.39, 0.29) is 0 Å². The smallest absolute Gasteiger partial charge is 0.0618 e. The molecule has 0 aromatic carbocycles. The van der Waals surface area contributed by atoms with Gasteiger partial charge in [-0.3, -0.25) is 4.90 Å². The van der Waals surface area contributed by atoms with Crippen LogP contribution in [0.25, 0.3) is 0 Å². The molecule has 3 nitrogen and oxygen atoms in total. The van der Waals surface area contributed by atoms with Gasteiger partial charge >= 0.3 is 0 Å². The molecule has 19 heavy (non-hydrogen) atoms. The second kappa shape index (κ2) is 12.9. The fourth-order valence-corrected chi connectivity index (χ4v) is 2.48. The van der Waals surface area contributed by atoms with Crippen LogP contribution in [0.15, 0.2) is 0 Å². The van der Waals surface area contributed by atoms with Gasteiger partial charge in [-0.15, -0.1) is 0 Å². The first kappa shape index (κ1) is 18.9. The quantitative estimate of drug-likeness (QED) is 0.708. The summed E-state index contributed by atoms with van der Waals surface area (Å²) in [5, 5.41) is 0. The summed E-state index contributed by atoms with van der Waals surface area (Å²) in [6.45, 7) is 13.7.